The van der Waals surface area contributed by atoms with E-state index in [1.165, 1.54) is 0 Å². The fraction of sp³-hybridized carbons (Fsp3) is 0.636. The molecular formula is C11H16N4O2S2. The monoisotopic (exact) mass is 300 g/mol. The van der Waals surface area contributed by atoms with Crippen molar-refractivity contribution >= 4 is 36.7 Å². The third-order valence-corrected chi connectivity index (χ3v) is 6.59. The van der Waals surface area contributed by atoms with Crippen LogP contribution in [0.5, 0.6) is 0 Å². The fourth-order valence-corrected chi connectivity index (χ4v) is 5.30. The van der Waals surface area contributed by atoms with Crippen LogP contribution in [0.3, 0.4) is 0 Å². The number of thiazole rings is 1. The van der Waals surface area contributed by atoms with Gasteiger partial charge in [-0.25, -0.2) is 18.1 Å². The second-order valence-electron chi connectivity index (χ2n) is 5.03. The highest BCUT2D eigenvalue weighted by molar-refractivity contribution is 7.91. The van der Waals surface area contributed by atoms with E-state index in [0.717, 1.165) is 21.2 Å². The van der Waals surface area contributed by atoms with E-state index in [2.05, 4.69) is 10.1 Å². The molecule has 2 aromatic heterocycles. The van der Waals surface area contributed by atoms with Crippen molar-refractivity contribution in [2.75, 3.05) is 23.5 Å². The average Bonchev–Trinajstić information content (AvgIpc) is 2.96. The van der Waals surface area contributed by atoms with E-state index in [9.17, 15) is 8.42 Å². The van der Waals surface area contributed by atoms with Crippen molar-refractivity contribution in [3.8, 4) is 0 Å². The minimum atomic E-state index is -2.86. The van der Waals surface area contributed by atoms with Gasteiger partial charge in [0.2, 0.25) is 0 Å². The molecule has 0 aliphatic carbocycles. The van der Waals surface area contributed by atoms with E-state index >= 15 is 0 Å². The molecule has 6 nitrogen and oxygen atoms in total. The highest BCUT2D eigenvalue weighted by Crippen LogP contribution is 2.32. The van der Waals surface area contributed by atoms with Crippen molar-refractivity contribution in [3.63, 3.8) is 0 Å². The number of aromatic nitrogens is 3. The molecule has 0 radical (unpaired) electrons. The van der Waals surface area contributed by atoms with Crippen LogP contribution in [0.4, 0.5) is 5.13 Å². The van der Waals surface area contributed by atoms with E-state index in [1.807, 2.05) is 25.9 Å². The fourth-order valence-electron chi connectivity index (χ4n) is 2.46. The van der Waals surface area contributed by atoms with Gasteiger partial charge in [0.15, 0.2) is 20.6 Å². The summed E-state index contributed by atoms with van der Waals surface area (Å²) in [4.78, 5) is 6.57. The van der Waals surface area contributed by atoms with Crippen molar-refractivity contribution in [1.82, 2.24) is 14.8 Å². The molecule has 0 amide bonds. The smallest absolute Gasteiger partial charge is 0.188 e. The Kier molecular flexibility index (Phi) is 2.82. The predicted octanol–water partition coefficient (Wildman–Crippen LogP) is 0.962. The van der Waals surface area contributed by atoms with Gasteiger partial charge < -0.3 is 4.90 Å². The summed E-state index contributed by atoms with van der Waals surface area (Å²) in [7, 11) is 0.933. The normalized spacial score (nSPS) is 22.2. The topological polar surface area (TPSA) is 68.1 Å². The number of aryl methyl sites for hydroxylation is 2. The third kappa shape index (κ3) is 2.12. The molecule has 8 heteroatoms. The summed E-state index contributed by atoms with van der Waals surface area (Å²) in [5.74, 6) is 0.518. The highest BCUT2D eigenvalue weighted by Gasteiger charge is 2.32. The van der Waals surface area contributed by atoms with Crippen molar-refractivity contribution in [2.24, 2.45) is 7.05 Å². The zero-order valence-corrected chi connectivity index (χ0v) is 12.8. The molecule has 0 N–H and O–H groups in total. The number of rotatable bonds is 2. The van der Waals surface area contributed by atoms with E-state index in [-0.39, 0.29) is 17.5 Å². The van der Waals surface area contributed by atoms with Crippen LogP contribution in [0.2, 0.25) is 0 Å². The minimum absolute atomic E-state index is 0.0406. The molecule has 1 saturated heterocycles. The van der Waals surface area contributed by atoms with Gasteiger partial charge in [-0.1, -0.05) is 11.3 Å². The van der Waals surface area contributed by atoms with Crippen LogP contribution < -0.4 is 4.90 Å². The van der Waals surface area contributed by atoms with Crippen LogP contribution in [0.25, 0.3) is 10.3 Å². The van der Waals surface area contributed by atoms with Gasteiger partial charge in [-0.3, -0.25) is 0 Å². The number of hydrogen-bond donors (Lipinski definition) is 0. The summed E-state index contributed by atoms with van der Waals surface area (Å²) >= 11 is 1.58. The summed E-state index contributed by atoms with van der Waals surface area (Å²) in [5, 5.41) is 5.19. The largest absolute Gasteiger partial charge is 0.347 e. The first-order valence-corrected chi connectivity index (χ1v) is 8.74. The lowest BCUT2D eigenvalue weighted by atomic mass is 10.2. The van der Waals surface area contributed by atoms with Crippen molar-refractivity contribution < 1.29 is 8.42 Å². The van der Waals surface area contributed by atoms with Gasteiger partial charge in [-0.15, -0.1) is 0 Å². The Hall–Kier alpha value is -1.15. The molecule has 19 heavy (non-hydrogen) atoms. The molecule has 0 aromatic carbocycles. The number of nitrogens with zero attached hydrogens (tertiary/aromatic N) is 4. The Morgan fingerprint density at radius 2 is 2.21 bits per heavy atom. The molecule has 0 saturated carbocycles. The molecule has 3 heterocycles. The molecule has 0 bridgehead atoms. The molecule has 1 unspecified atom stereocenters. The third-order valence-electron chi connectivity index (χ3n) is 3.59. The van der Waals surface area contributed by atoms with Crippen molar-refractivity contribution in [1.29, 1.82) is 0 Å². The molecular weight excluding hydrogens is 284 g/mol. The summed E-state index contributed by atoms with van der Waals surface area (Å²) < 4.78 is 25.9. The maximum Gasteiger partial charge on any atom is 0.188 e. The van der Waals surface area contributed by atoms with Crippen LogP contribution in [-0.4, -0.2) is 47.8 Å². The Bertz CT molecular complexity index is 697. The van der Waals surface area contributed by atoms with E-state index in [4.69, 9.17) is 0 Å². The van der Waals surface area contributed by atoms with Crippen molar-refractivity contribution in [3.05, 3.63) is 5.69 Å². The van der Waals surface area contributed by atoms with Crippen LogP contribution >= 0.6 is 11.3 Å². The lowest BCUT2D eigenvalue weighted by Crippen LogP contribution is -2.32. The number of sulfone groups is 1. The lowest BCUT2D eigenvalue weighted by Gasteiger charge is -2.22. The second kappa shape index (κ2) is 4.17. The van der Waals surface area contributed by atoms with E-state index in [1.54, 1.807) is 16.0 Å². The van der Waals surface area contributed by atoms with Gasteiger partial charge in [0.05, 0.1) is 21.9 Å². The lowest BCUT2D eigenvalue weighted by molar-refractivity contribution is 0.601. The predicted molar refractivity (Wildman–Crippen MR) is 76.6 cm³/mol. The highest BCUT2D eigenvalue weighted by atomic mass is 32.2. The standard InChI is InChI=1S/C11H16N4O2S2/c1-7-9-10(15(3)13-7)12-11(18-9)14(2)8-4-5-19(16,17)6-8/h8H,4-6H2,1-3H3. The Morgan fingerprint density at radius 3 is 2.79 bits per heavy atom. The number of hydrogen-bond acceptors (Lipinski definition) is 6. The maximum atomic E-state index is 11.5. The summed E-state index contributed by atoms with van der Waals surface area (Å²) in [6.07, 6.45) is 0.686. The van der Waals surface area contributed by atoms with Crippen LogP contribution in [-0.2, 0) is 16.9 Å². The van der Waals surface area contributed by atoms with Gasteiger partial charge in [0, 0.05) is 20.1 Å². The molecule has 0 spiro atoms. The SMILES string of the molecule is Cc1nn(C)c2nc(N(C)C3CCS(=O)(=O)C3)sc12. The van der Waals surface area contributed by atoms with Crippen LogP contribution in [0.1, 0.15) is 12.1 Å². The first-order valence-electron chi connectivity index (χ1n) is 6.11. The van der Waals surface area contributed by atoms with Gasteiger partial charge >= 0.3 is 0 Å². The van der Waals surface area contributed by atoms with Gasteiger partial charge in [0.1, 0.15) is 0 Å². The molecule has 3 rings (SSSR count). The maximum absolute atomic E-state index is 11.5. The molecule has 1 atom stereocenters. The zero-order chi connectivity index (χ0) is 13.8. The van der Waals surface area contributed by atoms with Crippen LogP contribution in [0, 0.1) is 6.92 Å². The molecule has 1 fully saturated rings. The Morgan fingerprint density at radius 1 is 1.47 bits per heavy atom. The summed E-state index contributed by atoms with van der Waals surface area (Å²) in [6.45, 7) is 1.96. The van der Waals surface area contributed by atoms with E-state index in [0.29, 0.717) is 6.42 Å². The van der Waals surface area contributed by atoms with Crippen LogP contribution in [0.15, 0.2) is 0 Å². The Balaban J connectivity index is 1.94. The first kappa shape index (κ1) is 12.9. The molecule has 104 valence electrons. The Labute approximate surface area is 116 Å². The zero-order valence-electron chi connectivity index (χ0n) is 11.1. The molecule has 1 aliphatic rings. The average molecular weight is 300 g/mol. The molecule has 2 aromatic rings. The van der Waals surface area contributed by atoms with Gasteiger partial charge in [0.25, 0.3) is 0 Å². The number of anilines is 1. The summed E-state index contributed by atoms with van der Waals surface area (Å²) in [6, 6.07) is 0.0406. The second-order valence-corrected chi connectivity index (χ2v) is 8.23. The molecule has 1 aliphatic heterocycles. The van der Waals surface area contributed by atoms with Crippen molar-refractivity contribution in [2.45, 2.75) is 19.4 Å². The minimum Gasteiger partial charge on any atom is -0.347 e. The van der Waals surface area contributed by atoms with Gasteiger partial charge in [-0.2, -0.15) is 5.10 Å². The number of fused-ring (bicyclic) bond motifs is 1. The summed E-state index contributed by atoms with van der Waals surface area (Å²) in [5.41, 5.74) is 1.83. The quantitative estimate of drug-likeness (QED) is 0.826. The van der Waals surface area contributed by atoms with E-state index < -0.39 is 9.84 Å². The van der Waals surface area contributed by atoms with Gasteiger partial charge in [-0.05, 0) is 13.3 Å². The first-order chi connectivity index (χ1) is 8.87.